The van der Waals surface area contributed by atoms with Crippen LogP contribution in [-0.4, -0.2) is 12.0 Å². The summed E-state index contributed by atoms with van der Waals surface area (Å²) in [5.41, 5.74) is 9.75. The van der Waals surface area contributed by atoms with Crippen LogP contribution >= 0.6 is 11.6 Å². The molecule has 21 heavy (non-hydrogen) atoms. The Kier molecular flexibility index (Phi) is 3.67. The fraction of sp³-hybridized carbons (Fsp3) is 0.118. The van der Waals surface area contributed by atoms with Crippen LogP contribution in [0, 0.1) is 0 Å². The maximum atomic E-state index is 6.04. The van der Waals surface area contributed by atoms with E-state index < -0.39 is 0 Å². The van der Waals surface area contributed by atoms with Crippen LogP contribution in [0.4, 0.5) is 11.4 Å². The molecule has 3 nitrogen and oxygen atoms in total. The number of pyridine rings is 1. The summed E-state index contributed by atoms with van der Waals surface area (Å²) >= 11 is 6.04. The molecule has 0 saturated carbocycles. The quantitative estimate of drug-likeness (QED) is 0.740. The minimum absolute atomic E-state index is 0.727. The number of nitrogens with zero attached hydrogens (tertiary/aromatic N) is 2. The molecule has 3 rings (SSSR count). The maximum Gasteiger partial charge on any atom is 0.0743 e. The highest BCUT2D eigenvalue weighted by atomic mass is 35.5. The summed E-state index contributed by atoms with van der Waals surface area (Å²) in [7, 11) is 2.06. The number of hydrogen-bond donors (Lipinski definition) is 1. The normalized spacial score (nSPS) is 10.8. The van der Waals surface area contributed by atoms with Gasteiger partial charge in [0.25, 0.3) is 0 Å². The second-order valence-electron chi connectivity index (χ2n) is 5.09. The Balaban J connectivity index is 1.96. The maximum absolute atomic E-state index is 6.04. The van der Waals surface area contributed by atoms with Crippen molar-refractivity contribution in [3.05, 3.63) is 65.3 Å². The average molecular weight is 298 g/mol. The Labute approximate surface area is 129 Å². The highest BCUT2D eigenvalue weighted by Gasteiger charge is 2.08. The van der Waals surface area contributed by atoms with Crippen molar-refractivity contribution in [1.82, 2.24) is 4.98 Å². The number of aromatic nitrogens is 1. The number of benzene rings is 2. The Bertz CT molecular complexity index is 786. The van der Waals surface area contributed by atoms with Crippen LogP contribution in [-0.2, 0) is 6.54 Å². The van der Waals surface area contributed by atoms with Crippen LogP contribution in [0.25, 0.3) is 10.9 Å². The molecule has 2 aromatic carbocycles. The fourth-order valence-electron chi connectivity index (χ4n) is 2.48. The zero-order valence-electron chi connectivity index (χ0n) is 11.8. The molecule has 0 aliphatic rings. The number of anilines is 2. The van der Waals surface area contributed by atoms with Gasteiger partial charge in [-0.2, -0.15) is 0 Å². The third kappa shape index (κ3) is 2.93. The van der Waals surface area contributed by atoms with E-state index in [0.717, 1.165) is 33.8 Å². The van der Waals surface area contributed by atoms with Gasteiger partial charge < -0.3 is 10.6 Å². The van der Waals surface area contributed by atoms with Crippen molar-refractivity contribution in [2.75, 3.05) is 17.7 Å². The third-order valence-electron chi connectivity index (χ3n) is 3.46. The molecule has 0 radical (unpaired) electrons. The monoisotopic (exact) mass is 297 g/mol. The molecule has 0 fully saturated rings. The summed E-state index contributed by atoms with van der Waals surface area (Å²) in [6.45, 7) is 0.782. The second-order valence-corrected chi connectivity index (χ2v) is 5.53. The van der Waals surface area contributed by atoms with Crippen molar-refractivity contribution < 1.29 is 0 Å². The van der Waals surface area contributed by atoms with E-state index in [2.05, 4.69) is 23.0 Å². The molecular formula is C17H16ClN3. The first-order valence-electron chi connectivity index (χ1n) is 6.73. The molecule has 3 aromatic rings. The van der Waals surface area contributed by atoms with Crippen molar-refractivity contribution in [3.63, 3.8) is 0 Å². The number of nitrogen functional groups attached to an aromatic ring is 1. The molecular weight excluding hydrogens is 282 g/mol. The summed E-state index contributed by atoms with van der Waals surface area (Å²) in [5.74, 6) is 0. The van der Waals surface area contributed by atoms with E-state index in [9.17, 15) is 0 Å². The summed E-state index contributed by atoms with van der Waals surface area (Å²) in [6, 6.07) is 15.7. The first-order valence-corrected chi connectivity index (χ1v) is 7.11. The first-order chi connectivity index (χ1) is 10.1. The molecule has 0 spiro atoms. The summed E-state index contributed by atoms with van der Waals surface area (Å²) in [4.78, 5) is 6.56. The predicted octanol–water partition coefficient (Wildman–Crippen LogP) is 4.11. The van der Waals surface area contributed by atoms with Crippen LogP contribution in [0.2, 0.25) is 5.02 Å². The Morgan fingerprint density at radius 1 is 1.14 bits per heavy atom. The topological polar surface area (TPSA) is 42.2 Å². The Hall–Kier alpha value is -2.26. The van der Waals surface area contributed by atoms with E-state index in [4.69, 9.17) is 17.3 Å². The van der Waals surface area contributed by atoms with Crippen molar-refractivity contribution in [2.45, 2.75) is 6.54 Å². The van der Waals surface area contributed by atoms with Gasteiger partial charge in [0.05, 0.1) is 5.52 Å². The van der Waals surface area contributed by atoms with Crippen LogP contribution in [0.15, 0.2) is 54.7 Å². The van der Waals surface area contributed by atoms with Gasteiger partial charge in [-0.3, -0.25) is 4.98 Å². The summed E-state index contributed by atoms with van der Waals surface area (Å²) < 4.78 is 0. The largest absolute Gasteiger partial charge is 0.399 e. The lowest BCUT2D eigenvalue weighted by molar-refractivity contribution is 0.927. The molecule has 1 heterocycles. The molecule has 0 saturated heterocycles. The smallest absolute Gasteiger partial charge is 0.0743 e. The van der Waals surface area contributed by atoms with E-state index in [-0.39, 0.29) is 0 Å². The number of nitrogens with two attached hydrogens (primary N) is 1. The highest BCUT2D eigenvalue weighted by Crippen LogP contribution is 2.27. The molecule has 106 valence electrons. The molecule has 4 heteroatoms. The van der Waals surface area contributed by atoms with Gasteiger partial charge in [0, 0.05) is 41.6 Å². The van der Waals surface area contributed by atoms with Crippen molar-refractivity contribution in [3.8, 4) is 0 Å². The number of rotatable bonds is 3. The highest BCUT2D eigenvalue weighted by molar-refractivity contribution is 6.30. The zero-order valence-corrected chi connectivity index (χ0v) is 12.5. The Morgan fingerprint density at radius 3 is 2.81 bits per heavy atom. The fourth-order valence-corrected chi connectivity index (χ4v) is 2.69. The van der Waals surface area contributed by atoms with E-state index in [0.29, 0.717) is 0 Å². The number of hydrogen-bond acceptors (Lipinski definition) is 3. The van der Waals surface area contributed by atoms with Crippen LogP contribution in [0.1, 0.15) is 5.56 Å². The molecule has 1 aromatic heterocycles. The minimum Gasteiger partial charge on any atom is -0.399 e. The standard InChI is InChI=1S/C17H16ClN3/c1-21(11-12-3-2-4-13(18)9-12)17-7-8-20-16-10-14(19)5-6-15(16)17/h2-10H,11,19H2,1H3. The molecule has 0 atom stereocenters. The van der Waals surface area contributed by atoms with Gasteiger partial charge in [-0.25, -0.2) is 0 Å². The Morgan fingerprint density at radius 2 is 2.00 bits per heavy atom. The molecule has 0 aliphatic heterocycles. The van der Waals surface area contributed by atoms with E-state index in [1.807, 2.05) is 48.7 Å². The number of fused-ring (bicyclic) bond motifs is 1. The second kappa shape index (κ2) is 5.62. The predicted molar refractivity (Wildman–Crippen MR) is 89.7 cm³/mol. The molecule has 0 bridgehead atoms. The van der Waals surface area contributed by atoms with Crippen LogP contribution < -0.4 is 10.6 Å². The summed E-state index contributed by atoms with van der Waals surface area (Å²) in [6.07, 6.45) is 1.81. The van der Waals surface area contributed by atoms with Gasteiger partial charge in [-0.05, 0) is 42.0 Å². The van der Waals surface area contributed by atoms with Crippen LogP contribution in [0.3, 0.4) is 0 Å². The van der Waals surface area contributed by atoms with Crippen LogP contribution in [0.5, 0.6) is 0 Å². The first kappa shape index (κ1) is 13.7. The van der Waals surface area contributed by atoms with Gasteiger partial charge in [-0.1, -0.05) is 23.7 Å². The van der Waals surface area contributed by atoms with Gasteiger partial charge in [0.15, 0.2) is 0 Å². The lowest BCUT2D eigenvalue weighted by Crippen LogP contribution is -2.16. The van der Waals surface area contributed by atoms with E-state index in [1.165, 1.54) is 5.56 Å². The third-order valence-corrected chi connectivity index (χ3v) is 3.70. The SMILES string of the molecule is CN(Cc1cccc(Cl)c1)c1ccnc2cc(N)ccc12. The van der Waals surface area contributed by atoms with Gasteiger partial charge in [0.2, 0.25) is 0 Å². The lowest BCUT2D eigenvalue weighted by atomic mass is 10.1. The van der Waals surface area contributed by atoms with Crippen molar-refractivity contribution in [2.24, 2.45) is 0 Å². The zero-order chi connectivity index (χ0) is 14.8. The average Bonchev–Trinajstić information content (AvgIpc) is 2.46. The van der Waals surface area contributed by atoms with Gasteiger partial charge in [-0.15, -0.1) is 0 Å². The van der Waals surface area contributed by atoms with Crippen molar-refractivity contribution in [1.29, 1.82) is 0 Å². The lowest BCUT2D eigenvalue weighted by Gasteiger charge is -2.21. The molecule has 0 unspecified atom stereocenters. The molecule has 2 N–H and O–H groups in total. The van der Waals surface area contributed by atoms with Gasteiger partial charge in [0.1, 0.15) is 0 Å². The van der Waals surface area contributed by atoms with E-state index in [1.54, 1.807) is 0 Å². The van der Waals surface area contributed by atoms with Gasteiger partial charge >= 0.3 is 0 Å². The molecule has 0 aliphatic carbocycles. The summed E-state index contributed by atoms with van der Waals surface area (Å²) in [5, 5.41) is 1.85. The number of halogens is 1. The minimum atomic E-state index is 0.727. The molecule has 0 amide bonds. The van der Waals surface area contributed by atoms with Crippen molar-refractivity contribution >= 4 is 33.9 Å². The van der Waals surface area contributed by atoms with E-state index >= 15 is 0 Å².